The van der Waals surface area contributed by atoms with Crippen LogP contribution in [0.1, 0.15) is 37.5 Å². The summed E-state index contributed by atoms with van der Waals surface area (Å²) >= 11 is 0. The smallest absolute Gasteiger partial charge is 0.417 e. The van der Waals surface area contributed by atoms with Crippen molar-refractivity contribution in [1.82, 2.24) is 5.32 Å². The minimum absolute atomic E-state index is 0.0731. The van der Waals surface area contributed by atoms with Gasteiger partial charge < -0.3 is 10.1 Å². The number of hydrogen-bond donors (Lipinski definition) is 1. The molecule has 1 aromatic carbocycles. The zero-order chi connectivity index (χ0) is 17.7. The SMILES string of the molecule is CC(C)(C)OC(=O)NCC#Cc1ccc(C#N)c(C(F)(F)F)c1. The lowest BCUT2D eigenvalue weighted by molar-refractivity contribution is -0.137. The molecule has 0 heterocycles. The Bertz CT molecular complexity index is 686. The van der Waals surface area contributed by atoms with Crippen molar-refractivity contribution in [3.05, 3.63) is 34.9 Å². The molecule has 23 heavy (non-hydrogen) atoms. The van der Waals surface area contributed by atoms with E-state index in [0.29, 0.717) is 0 Å². The predicted octanol–water partition coefficient (Wildman–Crippen LogP) is 3.45. The van der Waals surface area contributed by atoms with Gasteiger partial charge in [0.2, 0.25) is 0 Å². The van der Waals surface area contributed by atoms with E-state index in [1.165, 1.54) is 12.1 Å². The minimum atomic E-state index is -4.63. The Morgan fingerprint density at radius 3 is 2.48 bits per heavy atom. The van der Waals surface area contributed by atoms with Gasteiger partial charge in [-0.15, -0.1) is 0 Å². The summed E-state index contributed by atoms with van der Waals surface area (Å²) in [6.07, 6.45) is -5.29. The molecule has 0 saturated carbocycles. The van der Waals surface area contributed by atoms with Crippen LogP contribution in [0.5, 0.6) is 0 Å². The van der Waals surface area contributed by atoms with Crippen molar-refractivity contribution >= 4 is 6.09 Å². The molecule has 1 rings (SSSR count). The Balaban J connectivity index is 2.77. The fourth-order valence-corrected chi connectivity index (χ4v) is 1.53. The van der Waals surface area contributed by atoms with Crippen molar-refractivity contribution in [3.8, 4) is 17.9 Å². The third-order valence-electron chi connectivity index (χ3n) is 2.40. The first-order valence-electron chi connectivity index (χ1n) is 6.60. The van der Waals surface area contributed by atoms with Crippen molar-refractivity contribution in [2.75, 3.05) is 6.54 Å². The van der Waals surface area contributed by atoms with Gasteiger partial charge in [-0.2, -0.15) is 18.4 Å². The van der Waals surface area contributed by atoms with Crippen LogP contribution < -0.4 is 5.32 Å². The summed E-state index contributed by atoms with van der Waals surface area (Å²) in [5.74, 6) is 5.02. The van der Waals surface area contributed by atoms with E-state index in [2.05, 4.69) is 17.2 Å². The van der Waals surface area contributed by atoms with Gasteiger partial charge in [0, 0.05) is 5.56 Å². The number of carbonyl (C=O) groups excluding carboxylic acids is 1. The van der Waals surface area contributed by atoms with Crippen molar-refractivity contribution in [2.45, 2.75) is 32.5 Å². The van der Waals surface area contributed by atoms with Crippen LogP contribution in [0.4, 0.5) is 18.0 Å². The summed E-state index contributed by atoms with van der Waals surface area (Å²) in [6, 6.07) is 4.67. The predicted molar refractivity (Wildman–Crippen MR) is 77.3 cm³/mol. The Labute approximate surface area is 132 Å². The van der Waals surface area contributed by atoms with E-state index in [9.17, 15) is 18.0 Å². The molecule has 0 aliphatic heterocycles. The summed E-state index contributed by atoms with van der Waals surface area (Å²) in [7, 11) is 0. The molecule has 7 heteroatoms. The minimum Gasteiger partial charge on any atom is -0.444 e. The molecular formula is C16H15F3N2O2. The number of alkyl carbamates (subject to hydrolysis) is 1. The molecule has 0 aromatic heterocycles. The lowest BCUT2D eigenvalue weighted by Gasteiger charge is -2.19. The zero-order valence-corrected chi connectivity index (χ0v) is 12.8. The van der Waals surface area contributed by atoms with Gasteiger partial charge in [-0.05, 0) is 39.0 Å². The van der Waals surface area contributed by atoms with Gasteiger partial charge >= 0.3 is 12.3 Å². The second-order valence-corrected chi connectivity index (χ2v) is 5.53. The summed E-state index contributed by atoms with van der Waals surface area (Å²) < 4.78 is 43.4. The highest BCUT2D eigenvalue weighted by atomic mass is 19.4. The van der Waals surface area contributed by atoms with E-state index in [1.54, 1.807) is 20.8 Å². The van der Waals surface area contributed by atoms with Crippen LogP contribution in [0, 0.1) is 23.2 Å². The molecule has 0 fully saturated rings. The van der Waals surface area contributed by atoms with Crippen LogP contribution >= 0.6 is 0 Å². The third kappa shape index (κ3) is 6.31. The Hall–Kier alpha value is -2.67. The lowest BCUT2D eigenvalue weighted by Crippen LogP contribution is -2.32. The van der Waals surface area contributed by atoms with Crippen LogP contribution in [0.15, 0.2) is 18.2 Å². The molecule has 0 radical (unpaired) electrons. The van der Waals surface area contributed by atoms with Crippen molar-refractivity contribution in [1.29, 1.82) is 5.26 Å². The monoisotopic (exact) mass is 324 g/mol. The molecule has 0 aliphatic rings. The molecule has 4 nitrogen and oxygen atoms in total. The second kappa shape index (κ2) is 7.06. The molecule has 122 valence electrons. The molecule has 0 aliphatic carbocycles. The van der Waals surface area contributed by atoms with Crippen LogP contribution in [0.2, 0.25) is 0 Å². The summed E-state index contributed by atoms with van der Waals surface area (Å²) in [6.45, 7) is 5.03. The van der Waals surface area contributed by atoms with Crippen molar-refractivity contribution < 1.29 is 22.7 Å². The standard InChI is InChI=1S/C16H15F3N2O2/c1-15(2,3)23-14(22)21-8-4-5-11-6-7-12(10-20)13(9-11)16(17,18)19/h6-7,9H,8H2,1-3H3,(H,21,22). The van der Waals surface area contributed by atoms with Gasteiger partial charge in [-0.1, -0.05) is 11.8 Å². The van der Waals surface area contributed by atoms with Crippen molar-refractivity contribution in [3.63, 3.8) is 0 Å². The fraction of sp³-hybridized carbons (Fsp3) is 0.375. The van der Waals surface area contributed by atoms with E-state index in [4.69, 9.17) is 10.00 Å². The molecule has 0 unspecified atom stereocenters. The second-order valence-electron chi connectivity index (χ2n) is 5.53. The summed E-state index contributed by atoms with van der Waals surface area (Å²) in [4.78, 5) is 11.4. The van der Waals surface area contributed by atoms with Crippen LogP contribution in [-0.2, 0) is 10.9 Å². The van der Waals surface area contributed by atoms with Gasteiger partial charge in [0.05, 0.1) is 23.7 Å². The number of hydrogen-bond acceptors (Lipinski definition) is 3. The molecule has 0 atom stereocenters. The number of rotatable bonds is 1. The molecular weight excluding hydrogens is 309 g/mol. The fourth-order valence-electron chi connectivity index (χ4n) is 1.53. The van der Waals surface area contributed by atoms with Gasteiger partial charge in [0.15, 0.2) is 0 Å². The van der Waals surface area contributed by atoms with Gasteiger partial charge in [0.25, 0.3) is 0 Å². The average Bonchev–Trinajstić information content (AvgIpc) is 2.40. The number of nitrogens with zero attached hydrogens (tertiary/aromatic N) is 1. The number of halogens is 3. The molecule has 0 spiro atoms. The van der Waals surface area contributed by atoms with E-state index >= 15 is 0 Å². The molecule has 0 saturated heterocycles. The van der Waals surface area contributed by atoms with Gasteiger partial charge in [0.1, 0.15) is 5.60 Å². The normalized spacial score (nSPS) is 11.0. The molecule has 1 amide bonds. The van der Waals surface area contributed by atoms with Crippen LogP contribution in [0.25, 0.3) is 0 Å². The maximum atomic E-state index is 12.8. The van der Waals surface area contributed by atoms with Gasteiger partial charge in [-0.25, -0.2) is 4.79 Å². The largest absolute Gasteiger partial charge is 0.444 e. The highest BCUT2D eigenvalue weighted by molar-refractivity contribution is 5.68. The zero-order valence-electron chi connectivity index (χ0n) is 12.8. The van der Waals surface area contributed by atoms with E-state index in [1.807, 2.05) is 0 Å². The van der Waals surface area contributed by atoms with Gasteiger partial charge in [-0.3, -0.25) is 0 Å². The highest BCUT2D eigenvalue weighted by Gasteiger charge is 2.33. The first-order valence-corrected chi connectivity index (χ1v) is 6.60. The average molecular weight is 324 g/mol. The number of ether oxygens (including phenoxy) is 1. The lowest BCUT2D eigenvalue weighted by atomic mass is 10.0. The van der Waals surface area contributed by atoms with E-state index in [0.717, 1.165) is 12.1 Å². The number of amides is 1. The topological polar surface area (TPSA) is 62.1 Å². The van der Waals surface area contributed by atoms with Crippen molar-refractivity contribution in [2.24, 2.45) is 0 Å². The van der Waals surface area contributed by atoms with E-state index < -0.39 is 29.0 Å². The summed E-state index contributed by atoms with van der Waals surface area (Å²) in [5.41, 5.74) is -2.05. The summed E-state index contributed by atoms with van der Waals surface area (Å²) in [5, 5.41) is 11.1. The maximum absolute atomic E-state index is 12.8. The number of nitriles is 1. The Kier molecular flexibility index (Phi) is 5.64. The Morgan fingerprint density at radius 2 is 1.96 bits per heavy atom. The number of alkyl halides is 3. The van der Waals surface area contributed by atoms with E-state index in [-0.39, 0.29) is 12.1 Å². The number of carbonyl (C=O) groups is 1. The number of benzene rings is 1. The third-order valence-corrected chi connectivity index (χ3v) is 2.40. The van der Waals surface area contributed by atoms with Crippen LogP contribution in [0.3, 0.4) is 0 Å². The first-order chi connectivity index (χ1) is 10.5. The number of nitrogens with one attached hydrogen (secondary N) is 1. The first kappa shape index (κ1) is 18.4. The molecule has 0 bridgehead atoms. The molecule has 1 N–H and O–H groups in total. The quantitative estimate of drug-likeness (QED) is 0.805. The van der Waals surface area contributed by atoms with Crippen LogP contribution in [-0.4, -0.2) is 18.2 Å². The Morgan fingerprint density at radius 1 is 1.30 bits per heavy atom. The molecule has 1 aromatic rings. The maximum Gasteiger partial charge on any atom is 0.417 e. The highest BCUT2D eigenvalue weighted by Crippen LogP contribution is 2.32.